The maximum atomic E-state index is 11.9. The van der Waals surface area contributed by atoms with Gasteiger partial charge in [0.2, 0.25) is 0 Å². The molecule has 0 saturated heterocycles. The van der Waals surface area contributed by atoms with Crippen molar-refractivity contribution in [2.45, 2.75) is 6.92 Å². The number of carbonyl (C=O) groups is 2. The summed E-state index contributed by atoms with van der Waals surface area (Å²) < 4.78 is 15.5. The fourth-order valence-corrected chi connectivity index (χ4v) is 2.54. The summed E-state index contributed by atoms with van der Waals surface area (Å²) in [5.41, 5.74) is 0.701. The van der Waals surface area contributed by atoms with Gasteiger partial charge in [-0.2, -0.15) is 0 Å². The van der Waals surface area contributed by atoms with E-state index in [1.54, 1.807) is 18.2 Å². The normalized spacial score (nSPS) is 10.5. The Balaban J connectivity index is 1.85. The van der Waals surface area contributed by atoms with Gasteiger partial charge in [-0.05, 0) is 36.8 Å². The van der Waals surface area contributed by atoms with Gasteiger partial charge in [0.05, 0.1) is 12.0 Å². The number of amides is 1. The third-order valence-electron chi connectivity index (χ3n) is 3.68. The molecule has 0 aliphatic rings. The van der Waals surface area contributed by atoms with Gasteiger partial charge in [0.1, 0.15) is 5.02 Å². The molecular weight excluding hydrogens is 416 g/mol. The molecule has 0 radical (unpaired) electrons. The zero-order valence-electron chi connectivity index (χ0n) is 16.2. The molecule has 0 aromatic heterocycles. The second-order valence-corrected chi connectivity index (χ2v) is 6.24. The molecule has 1 N–H and O–H groups in total. The summed E-state index contributed by atoms with van der Waals surface area (Å²) in [5, 5.41) is 13.2. The van der Waals surface area contributed by atoms with Gasteiger partial charge < -0.3 is 19.5 Å². The average molecular weight is 435 g/mol. The van der Waals surface area contributed by atoms with Crippen molar-refractivity contribution < 1.29 is 28.7 Å². The van der Waals surface area contributed by atoms with Crippen LogP contribution < -0.4 is 14.8 Å². The molecule has 0 aliphatic carbocycles. The van der Waals surface area contributed by atoms with E-state index in [0.29, 0.717) is 11.5 Å². The van der Waals surface area contributed by atoms with E-state index in [2.05, 4.69) is 5.32 Å². The fourth-order valence-electron chi connectivity index (χ4n) is 2.35. The summed E-state index contributed by atoms with van der Waals surface area (Å²) in [7, 11) is 1.48. The number of benzene rings is 2. The molecule has 2 rings (SSSR count). The molecule has 0 unspecified atom stereocenters. The molecule has 1 amide bonds. The van der Waals surface area contributed by atoms with E-state index < -0.39 is 30.0 Å². The van der Waals surface area contributed by atoms with E-state index >= 15 is 0 Å². The molecular formula is C20H19ClN2O7. The summed E-state index contributed by atoms with van der Waals surface area (Å²) >= 11 is 5.71. The lowest BCUT2D eigenvalue weighted by Gasteiger charge is -2.11. The zero-order chi connectivity index (χ0) is 22.1. The van der Waals surface area contributed by atoms with Gasteiger partial charge >= 0.3 is 5.97 Å². The number of nitrogens with one attached hydrogen (secondary N) is 1. The molecule has 2 aromatic rings. The smallest absolute Gasteiger partial charge is 0.344 e. The molecule has 158 valence electrons. The molecule has 10 heteroatoms. The highest BCUT2D eigenvalue weighted by molar-refractivity contribution is 6.32. The monoisotopic (exact) mass is 434 g/mol. The van der Waals surface area contributed by atoms with Crippen LogP contribution in [0.3, 0.4) is 0 Å². The van der Waals surface area contributed by atoms with Crippen LogP contribution in [0, 0.1) is 10.1 Å². The number of allylic oxidation sites excluding steroid dienone is 1. The van der Waals surface area contributed by atoms with E-state index in [0.717, 1.165) is 11.6 Å². The van der Waals surface area contributed by atoms with Crippen LogP contribution in [0.5, 0.6) is 11.5 Å². The number of rotatable bonds is 9. The van der Waals surface area contributed by atoms with Crippen LogP contribution in [-0.2, 0) is 14.3 Å². The number of nitrogens with zero attached hydrogens (tertiary/aromatic N) is 1. The Labute approximate surface area is 177 Å². The topological polar surface area (TPSA) is 117 Å². The van der Waals surface area contributed by atoms with Crippen LogP contribution in [0.1, 0.15) is 12.5 Å². The van der Waals surface area contributed by atoms with Crippen LogP contribution in [0.15, 0.2) is 42.5 Å². The number of ether oxygens (including phenoxy) is 3. The SMILES string of the molecule is C/C=C/c1ccc(OCC(=O)OCC(=O)Nc2ccc(Cl)c([N+](=O)[O-])c2)c(OC)c1. The van der Waals surface area contributed by atoms with Crippen molar-refractivity contribution in [2.75, 3.05) is 25.6 Å². The second-order valence-electron chi connectivity index (χ2n) is 5.83. The molecule has 0 spiro atoms. The first-order valence-electron chi connectivity index (χ1n) is 8.67. The van der Waals surface area contributed by atoms with Crippen molar-refractivity contribution in [1.29, 1.82) is 0 Å². The Morgan fingerprint density at radius 2 is 1.93 bits per heavy atom. The molecule has 0 bridgehead atoms. The van der Waals surface area contributed by atoms with Gasteiger partial charge in [-0.25, -0.2) is 4.79 Å². The number of nitro groups is 1. The highest BCUT2D eigenvalue weighted by atomic mass is 35.5. The van der Waals surface area contributed by atoms with Crippen molar-refractivity contribution >= 4 is 40.9 Å². The van der Waals surface area contributed by atoms with Crippen LogP contribution >= 0.6 is 11.6 Å². The quantitative estimate of drug-likeness (QED) is 0.362. The van der Waals surface area contributed by atoms with Crippen LogP contribution in [-0.4, -0.2) is 37.1 Å². The number of nitro benzene ring substituents is 1. The Morgan fingerprint density at radius 1 is 1.17 bits per heavy atom. The average Bonchev–Trinajstić information content (AvgIpc) is 2.72. The van der Waals surface area contributed by atoms with Crippen molar-refractivity contribution in [3.8, 4) is 11.5 Å². The van der Waals surface area contributed by atoms with E-state index in [1.165, 1.54) is 19.2 Å². The Morgan fingerprint density at radius 3 is 2.60 bits per heavy atom. The van der Waals surface area contributed by atoms with Crippen molar-refractivity contribution in [1.82, 2.24) is 0 Å². The lowest BCUT2D eigenvalue weighted by Crippen LogP contribution is -2.23. The first-order chi connectivity index (χ1) is 14.3. The van der Waals surface area contributed by atoms with Crippen LogP contribution in [0.4, 0.5) is 11.4 Å². The number of hydrogen-bond donors (Lipinski definition) is 1. The van der Waals surface area contributed by atoms with Gasteiger partial charge in [0.15, 0.2) is 24.7 Å². The lowest BCUT2D eigenvalue weighted by atomic mass is 10.2. The number of carbonyl (C=O) groups excluding carboxylic acids is 2. The molecule has 2 aromatic carbocycles. The highest BCUT2D eigenvalue weighted by Crippen LogP contribution is 2.29. The number of esters is 1. The minimum atomic E-state index is -0.771. The standard InChI is InChI=1S/C20H19ClN2O7/c1-3-4-13-5-8-17(18(9-13)28-2)29-12-20(25)30-11-19(24)22-14-6-7-15(21)16(10-14)23(26)27/h3-10H,11-12H2,1-2H3,(H,22,24)/b4-3+. The van der Waals surface area contributed by atoms with Crippen LogP contribution in [0.2, 0.25) is 5.02 Å². The maximum absolute atomic E-state index is 11.9. The number of anilines is 1. The maximum Gasteiger partial charge on any atom is 0.344 e. The molecule has 0 saturated carbocycles. The summed E-state index contributed by atoms with van der Waals surface area (Å²) in [6.07, 6.45) is 3.76. The number of halogens is 1. The first-order valence-corrected chi connectivity index (χ1v) is 9.04. The Hall–Kier alpha value is -3.59. The summed E-state index contributed by atoms with van der Waals surface area (Å²) in [4.78, 5) is 33.9. The van der Waals surface area contributed by atoms with E-state index in [1.807, 2.05) is 19.1 Å². The van der Waals surface area contributed by atoms with Gasteiger partial charge in [0.25, 0.3) is 11.6 Å². The Bertz CT molecular complexity index is 976. The minimum absolute atomic E-state index is 0.0595. The highest BCUT2D eigenvalue weighted by Gasteiger charge is 2.15. The zero-order valence-corrected chi connectivity index (χ0v) is 17.0. The van der Waals surface area contributed by atoms with Crippen LogP contribution in [0.25, 0.3) is 6.08 Å². The third kappa shape index (κ3) is 6.49. The first kappa shape index (κ1) is 22.7. The Kier molecular flexibility index (Phi) is 8.18. The number of hydrogen-bond acceptors (Lipinski definition) is 7. The second kappa shape index (κ2) is 10.8. The van der Waals surface area contributed by atoms with E-state index in [4.69, 9.17) is 25.8 Å². The van der Waals surface area contributed by atoms with Crippen molar-refractivity contribution in [3.05, 3.63) is 63.2 Å². The van der Waals surface area contributed by atoms with E-state index in [-0.39, 0.29) is 16.4 Å². The van der Waals surface area contributed by atoms with Crippen molar-refractivity contribution in [3.63, 3.8) is 0 Å². The minimum Gasteiger partial charge on any atom is -0.493 e. The lowest BCUT2D eigenvalue weighted by molar-refractivity contribution is -0.384. The largest absolute Gasteiger partial charge is 0.493 e. The summed E-state index contributed by atoms with van der Waals surface area (Å²) in [5.74, 6) is -0.652. The van der Waals surface area contributed by atoms with Gasteiger partial charge in [0, 0.05) is 11.8 Å². The number of methoxy groups -OCH3 is 1. The van der Waals surface area contributed by atoms with E-state index in [9.17, 15) is 19.7 Å². The van der Waals surface area contributed by atoms with Gasteiger partial charge in [-0.1, -0.05) is 29.8 Å². The molecule has 0 heterocycles. The van der Waals surface area contributed by atoms with Crippen molar-refractivity contribution in [2.24, 2.45) is 0 Å². The third-order valence-corrected chi connectivity index (χ3v) is 4.00. The predicted molar refractivity (Wildman–Crippen MR) is 111 cm³/mol. The van der Waals surface area contributed by atoms with Gasteiger partial charge in [-0.3, -0.25) is 14.9 Å². The molecule has 9 nitrogen and oxygen atoms in total. The molecule has 0 fully saturated rings. The molecule has 0 atom stereocenters. The van der Waals surface area contributed by atoms with Gasteiger partial charge in [-0.15, -0.1) is 0 Å². The summed E-state index contributed by atoms with van der Waals surface area (Å²) in [6, 6.07) is 8.98. The predicted octanol–water partition coefficient (Wildman–Crippen LogP) is 3.85. The fraction of sp³-hybridized carbons (Fsp3) is 0.200. The molecule has 30 heavy (non-hydrogen) atoms. The summed E-state index contributed by atoms with van der Waals surface area (Å²) in [6.45, 7) is 0.867. The molecule has 0 aliphatic heterocycles.